The van der Waals surface area contributed by atoms with E-state index >= 15 is 0 Å². The van der Waals surface area contributed by atoms with Crippen molar-refractivity contribution in [2.75, 3.05) is 39.9 Å². The number of piperazine rings is 1. The van der Waals surface area contributed by atoms with Gasteiger partial charge in [-0.25, -0.2) is 0 Å². The van der Waals surface area contributed by atoms with Gasteiger partial charge in [-0.15, -0.1) is 0 Å². The largest absolute Gasteiger partial charge is 0.381 e. The Morgan fingerprint density at radius 1 is 1.35 bits per heavy atom. The summed E-state index contributed by atoms with van der Waals surface area (Å²) >= 11 is 0. The van der Waals surface area contributed by atoms with Crippen LogP contribution in [0.4, 0.5) is 0 Å². The van der Waals surface area contributed by atoms with Gasteiger partial charge in [0.05, 0.1) is 6.04 Å². The molecule has 0 radical (unpaired) electrons. The molecule has 1 N–H and O–H groups in total. The molecule has 0 aliphatic carbocycles. The number of aromatic nitrogens is 2. The predicted octanol–water partition coefficient (Wildman–Crippen LogP) is 1.00. The molecular formula is C14H24N4O2. The quantitative estimate of drug-likeness (QED) is 0.888. The Morgan fingerprint density at radius 3 is 3.00 bits per heavy atom. The summed E-state index contributed by atoms with van der Waals surface area (Å²) in [7, 11) is 2.11. The first-order valence-corrected chi connectivity index (χ1v) is 7.64. The monoisotopic (exact) mass is 280 g/mol. The number of aryl methyl sites for hydroxylation is 1. The third-order valence-corrected chi connectivity index (χ3v) is 4.40. The highest BCUT2D eigenvalue weighted by Gasteiger charge is 2.25. The Bertz CT molecular complexity index is 417. The summed E-state index contributed by atoms with van der Waals surface area (Å²) in [4.78, 5) is 6.86. The van der Waals surface area contributed by atoms with E-state index in [9.17, 15) is 0 Å². The van der Waals surface area contributed by atoms with Gasteiger partial charge in [-0.1, -0.05) is 5.16 Å². The molecule has 1 unspecified atom stereocenters. The molecule has 2 aliphatic rings. The Morgan fingerprint density at radius 2 is 2.20 bits per heavy atom. The van der Waals surface area contributed by atoms with Crippen molar-refractivity contribution in [1.29, 1.82) is 0 Å². The molecule has 2 saturated heterocycles. The van der Waals surface area contributed by atoms with E-state index in [1.54, 1.807) is 0 Å². The SMILES string of the molecule is CN1CCNCC1c1noc(CCC2CCOCC2)n1. The number of nitrogens with one attached hydrogen (secondary N) is 1. The highest BCUT2D eigenvalue weighted by molar-refractivity contribution is 4.97. The smallest absolute Gasteiger partial charge is 0.226 e. The van der Waals surface area contributed by atoms with E-state index in [0.29, 0.717) is 0 Å². The van der Waals surface area contributed by atoms with E-state index in [0.717, 1.165) is 76.2 Å². The topological polar surface area (TPSA) is 63.4 Å². The lowest BCUT2D eigenvalue weighted by Crippen LogP contribution is -2.44. The molecule has 1 atom stereocenters. The van der Waals surface area contributed by atoms with Crippen molar-refractivity contribution in [1.82, 2.24) is 20.4 Å². The van der Waals surface area contributed by atoms with Gasteiger partial charge in [0.2, 0.25) is 5.89 Å². The van der Waals surface area contributed by atoms with Gasteiger partial charge in [-0.05, 0) is 32.2 Å². The van der Waals surface area contributed by atoms with Crippen LogP contribution in [0.5, 0.6) is 0 Å². The van der Waals surface area contributed by atoms with Gasteiger partial charge in [-0.3, -0.25) is 4.90 Å². The molecule has 6 heteroatoms. The lowest BCUT2D eigenvalue weighted by Gasteiger charge is -2.30. The van der Waals surface area contributed by atoms with Crippen LogP contribution in [-0.4, -0.2) is 54.9 Å². The van der Waals surface area contributed by atoms with Gasteiger partial charge in [0.15, 0.2) is 5.82 Å². The molecule has 0 aromatic carbocycles. The normalized spacial score (nSPS) is 25.9. The average Bonchev–Trinajstić information content (AvgIpc) is 2.95. The van der Waals surface area contributed by atoms with Crippen molar-refractivity contribution in [2.45, 2.75) is 31.7 Å². The molecule has 0 bridgehead atoms. The zero-order chi connectivity index (χ0) is 13.8. The van der Waals surface area contributed by atoms with E-state index < -0.39 is 0 Å². The Hall–Kier alpha value is -0.980. The number of nitrogens with zero attached hydrogens (tertiary/aromatic N) is 3. The maximum Gasteiger partial charge on any atom is 0.226 e. The van der Waals surface area contributed by atoms with Crippen molar-refractivity contribution < 1.29 is 9.26 Å². The fourth-order valence-corrected chi connectivity index (χ4v) is 2.96. The van der Waals surface area contributed by atoms with Crippen LogP contribution in [0.25, 0.3) is 0 Å². The highest BCUT2D eigenvalue weighted by atomic mass is 16.5. The van der Waals surface area contributed by atoms with Crippen LogP contribution in [0.1, 0.15) is 37.0 Å². The molecule has 3 rings (SSSR count). The van der Waals surface area contributed by atoms with Crippen LogP contribution in [-0.2, 0) is 11.2 Å². The first kappa shape index (κ1) is 14.0. The maximum absolute atomic E-state index is 5.41. The zero-order valence-electron chi connectivity index (χ0n) is 12.2. The Kier molecular flexibility index (Phi) is 4.65. The third kappa shape index (κ3) is 3.37. The fraction of sp³-hybridized carbons (Fsp3) is 0.857. The van der Waals surface area contributed by atoms with Crippen molar-refractivity contribution >= 4 is 0 Å². The van der Waals surface area contributed by atoms with Gasteiger partial charge in [-0.2, -0.15) is 4.98 Å². The second kappa shape index (κ2) is 6.65. The number of rotatable bonds is 4. The summed E-state index contributed by atoms with van der Waals surface area (Å²) in [6.07, 6.45) is 4.35. The molecule has 2 aliphatic heterocycles. The van der Waals surface area contributed by atoms with Gasteiger partial charge in [0.1, 0.15) is 0 Å². The fourth-order valence-electron chi connectivity index (χ4n) is 2.96. The summed E-state index contributed by atoms with van der Waals surface area (Å²) in [5.74, 6) is 2.35. The minimum absolute atomic E-state index is 0.240. The second-order valence-electron chi connectivity index (χ2n) is 5.84. The standard InChI is InChI=1S/C14H24N4O2/c1-18-7-6-15-10-12(18)14-16-13(20-17-14)3-2-11-4-8-19-9-5-11/h11-12,15H,2-10H2,1H3. The van der Waals surface area contributed by atoms with E-state index in [4.69, 9.17) is 9.26 Å². The second-order valence-corrected chi connectivity index (χ2v) is 5.84. The molecule has 6 nitrogen and oxygen atoms in total. The molecular weight excluding hydrogens is 256 g/mol. The molecule has 112 valence electrons. The number of hydrogen-bond donors (Lipinski definition) is 1. The van der Waals surface area contributed by atoms with E-state index in [-0.39, 0.29) is 6.04 Å². The molecule has 0 amide bonds. The van der Waals surface area contributed by atoms with Crippen LogP contribution in [0.15, 0.2) is 4.52 Å². The highest BCUT2D eigenvalue weighted by Crippen LogP contribution is 2.22. The zero-order valence-corrected chi connectivity index (χ0v) is 12.2. The summed E-state index contributed by atoms with van der Waals surface area (Å²) in [5.41, 5.74) is 0. The average molecular weight is 280 g/mol. The number of ether oxygens (including phenoxy) is 1. The van der Waals surface area contributed by atoms with Crippen LogP contribution in [0, 0.1) is 5.92 Å². The van der Waals surface area contributed by atoms with Crippen LogP contribution < -0.4 is 5.32 Å². The Labute approximate surface area is 119 Å². The molecule has 0 spiro atoms. The minimum atomic E-state index is 0.240. The third-order valence-electron chi connectivity index (χ3n) is 4.40. The number of likely N-dealkylation sites (N-methyl/N-ethyl adjacent to an activating group) is 1. The first-order chi connectivity index (χ1) is 9.83. The molecule has 1 aromatic heterocycles. The summed E-state index contributed by atoms with van der Waals surface area (Å²) in [6.45, 7) is 4.75. The molecule has 2 fully saturated rings. The van der Waals surface area contributed by atoms with Crippen LogP contribution in [0.2, 0.25) is 0 Å². The minimum Gasteiger partial charge on any atom is -0.381 e. The van der Waals surface area contributed by atoms with Crippen LogP contribution >= 0.6 is 0 Å². The summed E-state index contributed by atoms with van der Waals surface area (Å²) in [5, 5.41) is 7.54. The van der Waals surface area contributed by atoms with Crippen molar-refractivity contribution in [3.05, 3.63) is 11.7 Å². The molecule has 1 aromatic rings. The van der Waals surface area contributed by atoms with Gasteiger partial charge >= 0.3 is 0 Å². The molecule has 20 heavy (non-hydrogen) atoms. The summed E-state index contributed by atoms with van der Waals surface area (Å²) in [6, 6.07) is 0.240. The van der Waals surface area contributed by atoms with Crippen molar-refractivity contribution in [3.8, 4) is 0 Å². The predicted molar refractivity (Wildman–Crippen MR) is 74.4 cm³/mol. The molecule has 3 heterocycles. The summed E-state index contributed by atoms with van der Waals surface area (Å²) < 4.78 is 10.8. The van der Waals surface area contributed by atoms with Gasteiger partial charge < -0.3 is 14.6 Å². The van der Waals surface area contributed by atoms with E-state index in [1.807, 2.05) is 0 Å². The van der Waals surface area contributed by atoms with Crippen molar-refractivity contribution in [2.24, 2.45) is 5.92 Å². The van der Waals surface area contributed by atoms with Crippen molar-refractivity contribution in [3.63, 3.8) is 0 Å². The maximum atomic E-state index is 5.41. The van der Waals surface area contributed by atoms with Gasteiger partial charge in [0.25, 0.3) is 0 Å². The Balaban J connectivity index is 1.53. The number of hydrogen-bond acceptors (Lipinski definition) is 6. The lowest BCUT2D eigenvalue weighted by atomic mass is 9.95. The lowest BCUT2D eigenvalue weighted by molar-refractivity contribution is 0.0634. The van der Waals surface area contributed by atoms with E-state index in [1.165, 1.54) is 0 Å². The van der Waals surface area contributed by atoms with Crippen LogP contribution in [0.3, 0.4) is 0 Å². The van der Waals surface area contributed by atoms with E-state index in [2.05, 4.69) is 27.4 Å². The first-order valence-electron chi connectivity index (χ1n) is 7.64. The molecule has 0 saturated carbocycles. The van der Waals surface area contributed by atoms with Gasteiger partial charge in [0, 0.05) is 39.3 Å².